The van der Waals surface area contributed by atoms with Crippen molar-refractivity contribution in [2.75, 3.05) is 7.11 Å². The minimum Gasteiger partial charge on any atom is -0.496 e. The first-order chi connectivity index (χ1) is 6.76. The lowest BCUT2D eigenvalue weighted by Gasteiger charge is -2.05. The lowest BCUT2D eigenvalue weighted by Crippen LogP contribution is -1.88. The summed E-state index contributed by atoms with van der Waals surface area (Å²) in [5, 5.41) is 4.14. The van der Waals surface area contributed by atoms with Crippen molar-refractivity contribution in [1.82, 2.24) is 0 Å². The zero-order valence-corrected chi connectivity index (χ0v) is 11.5. The van der Waals surface area contributed by atoms with E-state index in [1.54, 1.807) is 18.4 Å². The van der Waals surface area contributed by atoms with Gasteiger partial charge in [0.25, 0.3) is 0 Å². The molecule has 14 heavy (non-hydrogen) atoms. The van der Waals surface area contributed by atoms with Crippen LogP contribution in [-0.2, 0) is 5.33 Å². The number of benzene rings is 1. The molecule has 1 heterocycles. The van der Waals surface area contributed by atoms with Crippen molar-refractivity contribution in [3.63, 3.8) is 0 Å². The van der Waals surface area contributed by atoms with Gasteiger partial charge >= 0.3 is 0 Å². The number of fused-ring (bicyclic) bond motifs is 1. The first-order valence-electron chi connectivity index (χ1n) is 4.06. The third kappa shape index (κ3) is 1.71. The highest BCUT2D eigenvalue weighted by Crippen LogP contribution is 2.35. The van der Waals surface area contributed by atoms with Gasteiger partial charge in [0.15, 0.2) is 0 Å². The van der Waals surface area contributed by atoms with Crippen LogP contribution in [0.4, 0.5) is 0 Å². The van der Waals surface area contributed by atoms with Gasteiger partial charge in [-0.25, -0.2) is 0 Å². The number of hydrogen-bond donors (Lipinski definition) is 0. The summed E-state index contributed by atoms with van der Waals surface area (Å²) < 4.78 is 7.74. The maximum Gasteiger partial charge on any atom is 0.123 e. The molecule has 0 atom stereocenters. The summed E-state index contributed by atoms with van der Waals surface area (Å²) in [5.41, 5.74) is 1.19. The van der Waals surface area contributed by atoms with Gasteiger partial charge in [-0.3, -0.25) is 0 Å². The number of thiophene rings is 1. The van der Waals surface area contributed by atoms with Gasteiger partial charge in [0.2, 0.25) is 0 Å². The highest BCUT2D eigenvalue weighted by atomic mass is 79.9. The molecule has 0 saturated heterocycles. The molecule has 0 spiro atoms. The fourth-order valence-corrected chi connectivity index (χ4v) is 3.40. The van der Waals surface area contributed by atoms with Gasteiger partial charge in [0.05, 0.1) is 7.11 Å². The van der Waals surface area contributed by atoms with E-state index in [1.165, 1.54) is 15.6 Å². The van der Waals surface area contributed by atoms with Crippen LogP contribution in [0.5, 0.6) is 5.75 Å². The van der Waals surface area contributed by atoms with Crippen molar-refractivity contribution >= 4 is 53.3 Å². The molecule has 0 aliphatic heterocycles. The predicted molar refractivity (Wildman–Crippen MR) is 68.7 cm³/mol. The van der Waals surface area contributed by atoms with Crippen molar-refractivity contribution in [2.24, 2.45) is 0 Å². The molecule has 0 aliphatic carbocycles. The molecule has 0 radical (unpaired) electrons. The zero-order chi connectivity index (χ0) is 10.1. The SMILES string of the molecule is COc1cc2c(Br)csc2cc1CBr. The quantitative estimate of drug-likeness (QED) is 0.730. The summed E-state index contributed by atoms with van der Waals surface area (Å²) in [4.78, 5) is 0. The van der Waals surface area contributed by atoms with E-state index in [1.807, 2.05) is 0 Å². The Labute approximate surface area is 103 Å². The Morgan fingerprint density at radius 2 is 2.21 bits per heavy atom. The lowest BCUT2D eigenvalue weighted by atomic mass is 10.2. The predicted octanol–water partition coefficient (Wildman–Crippen LogP) is 4.57. The number of hydrogen-bond acceptors (Lipinski definition) is 2. The average molecular weight is 336 g/mol. The van der Waals surface area contributed by atoms with Gasteiger partial charge in [0, 0.05) is 30.8 Å². The second-order valence-corrected chi connectivity index (χ2v) is 5.20. The molecule has 0 fully saturated rings. The number of alkyl halides is 1. The molecule has 1 aromatic carbocycles. The van der Waals surface area contributed by atoms with Crippen LogP contribution in [0.15, 0.2) is 22.0 Å². The van der Waals surface area contributed by atoms with Crippen LogP contribution in [0.2, 0.25) is 0 Å². The first kappa shape index (κ1) is 10.5. The molecule has 0 amide bonds. The minimum atomic E-state index is 0.821. The van der Waals surface area contributed by atoms with Gasteiger partial charge in [0.1, 0.15) is 5.75 Å². The lowest BCUT2D eigenvalue weighted by molar-refractivity contribution is 0.412. The van der Waals surface area contributed by atoms with Gasteiger partial charge < -0.3 is 4.74 Å². The van der Waals surface area contributed by atoms with E-state index < -0.39 is 0 Å². The van der Waals surface area contributed by atoms with Crippen molar-refractivity contribution in [3.8, 4) is 5.75 Å². The number of ether oxygens (including phenoxy) is 1. The van der Waals surface area contributed by atoms with Crippen molar-refractivity contribution in [2.45, 2.75) is 5.33 Å². The number of methoxy groups -OCH3 is 1. The smallest absolute Gasteiger partial charge is 0.123 e. The summed E-state index contributed by atoms with van der Waals surface area (Å²) in [5.74, 6) is 0.938. The molecule has 0 bridgehead atoms. The Bertz CT molecular complexity index is 464. The van der Waals surface area contributed by atoms with Crippen LogP contribution in [-0.4, -0.2) is 7.11 Å². The zero-order valence-electron chi connectivity index (χ0n) is 7.51. The molecule has 74 valence electrons. The Morgan fingerprint density at radius 3 is 2.86 bits per heavy atom. The Hall–Kier alpha value is -0.0600. The topological polar surface area (TPSA) is 9.23 Å². The molecule has 4 heteroatoms. The van der Waals surface area contributed by atoms with Crippen LogP contribution in [0, 0.1) is 0 Å². The maximum atomic E-state index is 5.32. The first-order valence-corrected chi connectivity index (χ1v) is 6.85. The standard InChI is InChI=1S/C10H8Br2OS/c1-13-9-3-7-8(12)5-14-10(7)2-6(9)4-11/h2-3,5H,4H2,1H3. The van der Waals surface area contributed by atoms with E-state index in [0.717, 1.165) is 15.6 Å². The van der Waals surface area contributed by atoms with E-state index >= 15 is 0 Å². The Morgan fingerprint density at radius 1 is 1.43 bits per heavy atom. The van der Waals surface area contributed by atoms with Crippen molar-refractivity contribution < 1.29 is 4.74 Å². The van der Waals surface area contributed by atoms with Crippen LogP contribution in [0.3, 0.4) is 0 Å². The molecule has 0 saturated carbocycles. The monoisotopic (exact) mass is 334 g/mol. The third-order valence-corrected chi connectivity index (χ3v) is 4.58. The van der Waals surface area contributed by atoms with Crippen LogP contribution < -0.4 is 4.74 Å². The van der Waals surface area contributed by atoms with Gasteiger partial charge in [-0.05, 0) is 28.1 Å². The normalized spacial score (nSPS) is 10.8. The molecular weight excluding hydrogens is 328 g/mol. The van der Waals surface area contributed by atoms with E-state index in [2.05, 4.69) is 49.4 Å². The van der Waals surface area contributed by atoms with Crippen molar-refractivity contribution in [3.05, 3.63) is 27.5 Å². The second kappa shape index (κ2) is 4.21. The van der Waals surface area contributed by atoms with Gasteiger partial charge in [-0.15, -0.1) is 11.3 Å². The molecule has 1 nitrogen and oxygen atoms in total. The van der Waals surface area contributed by atoms with E-state index in [9.17, 15) is 0 Å². The molecule has 0 aliphatic rings. The highest BCUT2D eigenvalue weighted by molar-refractivity contribution is 9.10. The largest absolute Gasteiger partial charge is 0.496 e. The van der Waals surface area contributed by atoms with E-state index in [-0.39, 0.29) is 0 Å². The van der Waals surface area contributed by atoms with Gasteiger partial charge in [-0.2, -0.15) is 0 Å². The summed E-state index contributed by atoms with van der Waals surface area (Å²) in [7, 11) is 1.70. The molecule has 1 aromatic heterocycles. The van der Waals surface area contributed by atoms with Crippen LogP contribution in [0.1, 0.15) is 5.56 Å². The molecule has 0 unspecified atom stereocenters. The number of rotatable bonds is 2. The summed E-state index contributed by atoms with van der Waals surface area (Å²) in [6.45, 7) is 0. The molecule has 0 N–H and O–H groups in total. The van der Waals surface area contributed by atoms with Crippen LogP contribution >= 0.6 is 43.2 Å². The molecule has 2 aromatic rings. The summed E-state index contributed by atoms with van der Waals surface area (Å²) >= 11 is 8.71. The third-order valence-electron chi connectivity index (χ3n) is 2.07. The highest BCUT2D eigenvalue weighted by Gasteiger charge is 2.07. The fourth-order valence-electron chi connectivity index (χ4n) is 1.36. The summed E-state index contributed by atoms with van der Waals surface area (Å²) in [6.07, 6.45) is 0. The average Bonchev–Trinajstić information content (AvgIpc) is 2.58. The van der Waals surface area contributed by atoms with Crippen molar-refractivity contribution in [1.29, 1.82) is 0 Å². The maximum absolute atomic E-state index is 5.32. The van der Waals surface area contributed by atoms with E-state index in [0.29, 0.717) is 0 Å². The molecular formula is C10H8Br2OS. The minimum absolute atomic E-state index is 0.821. The Kier molecular flexibility index (Phi) is 3.14. The summed E-state index contributed by atoms with van der Waals surface area (Å²) in [6, 6.07) is 4.24. The second-order valence-electron chi connectivity index (χ2n) is 2.88. The number of halogens is 2. The van der Waals surface area contributed by atoms with E-state index in [4.69, 9.17) is 4.74 Å². The van der Waals surface area contributed by atoms with Gasteiger partial charge in [-0.1, -0.05) is 15.9 Å². The fraction of sp³-hybridized carbons (Fsp3) is 0.200. The molecule has 2 rings (SSSR count). The van der Waals surface area contributed by atoms with Crippen LogP contribution in [0.25, 0.3) is 10.1 Å². The Balaban J connectivity index is 2.71.